The highest BCUT2D eigenvalue weighted by atomic mass is 16.2. The lowest BCUT2D eigenvalue weighted by molar-refractivity contribution is -0.138. The molecule has 158 valence electrons. The van der Waals surface area contributed by atoms with Gasteiger partial charge in [0.05, 0.1) is 0 Å². The SMILES string of the molecule is CCCCCN1C(=O)C2C(NC3N(c4ccc(CC)cc4)CCCN23)N(C)C1=O. The minimum atomic E-state index is -0.318. The molecule has 1 aromatic rings. The van der Waals surface area contributed by atoms with Crippen molar-refractivity contribution < 1.29 is 9.59 Å². The predicted molar refractivity (Wildman–Crippen MR) is 113 cm³/mol. The van der Waals surface area contributed by atoms with Crippen LogP contribution in [0.15, 0.2) is 24.3 Å². The van der Waals surface area contributed by atoms with Crippen molar-refractivity contribution in [2.75, 3.05) is 31.6 Å². The summed E-state index contributed by atoms with van der Waals surface area (Å²) in [5, 5.41) is 3.58. The molecule has 3 saturated heterocycles. The van der Waals surface area contributed by atoms with Crippen LogP contribution >= 0.6 is 0 Å². The molecule has 0 saturated carbocycles. The van der Waals surface area contributed by atoms with Gasteiger partial charge in [-0.05, 0) is 37.0 Å². The molecule has 29 heavy (non-hydrogen) atoms. The normalized spacial score (nSPS) is 27.4. The van der Waals surface area contributed by atoms with E-state index >= 15 is 0 Å². The number of benzene rings is 1. The highest BCUT2D eigenvalue weighted by Gasteiger charge is 2.55. The Balaban J connectivity index is 1.57. The number of urea groups is 1. The standard InChI is InChI=1S/C22H33N5O2/c1-4-6-7-13-27-20(28)18-19(24(3)22(27)29)23-21-25(14-8-15-26(18)21)17-11-9-16(5-2)10-12-17/h9-12,18-19,21,23H,4-8,13-15H2,1-3H3. The van der Waals surface area contributed by atoms with Crippen LogP contribution in [-0.2, 0) is 11.2 Å². The minimum Gasteiger partial charge on any atom is -0.343 e. The number of carbonyl (C=O) groups excluding carboxylic acids is 2. The van der Waals surface area contributed by atoms with Gasteiger partial charge in [0.1, 0.15) is 18.5 Å². The molecule has 1 aromatic carbocycles. The molecule has 3 heterocycles. The molecule has 3 amide bonds. The van der Waals surface area contributed by atoms with Gasteiger partial charge in [-0.15, -0.1) is 0 Å². The Labute approximate surface area is 173 Å². The average Bonchev–Trinajstić information content (AvgIpc) is 3.15. The predicted octanol–water partition coefficient (Wildman–Crippen LogP) is 2.43. The topological polar surface area (TPSA) is 59.1 Å². The Morgan fingerprint density at radius 1 is 1.07 bits per heavy atom. The van der Waals surface area contributed by atoms with E-state index in [2.05, 4.69) is 53.2 Å². The molecule has 3 unspecified atom stereocenters. The summed E-state index contributed by atoms with van der Waals surface area (Å²) in [6, 6.07) is 8.18. The number of nitrogens with one attached hydrogen (secondary N) is 1. The number of anilines is 1. The number of carbonyl (C=O) groups is 2. The van der Waals surface area contributed by atoms with Gasteiger partial charge in [-0.3, -0.25) is 19.9 Å². The molecule has 3 aliphatic rings. The second-order valence-corrected chi connectivity index (χ2v) is 8.33. The Bertz CT molecular complexity index is 752. The quantitative estimate of drug-likeness (QED) is 0.745. The van der Waals surface area contributed by atoms with Crippen LogP contribution in [-0.4, -0.2) is 71.8 Å². The molecule has 0 bridgehead atoms. The zero-order valence-corrected chi connectivity index (χ0v) is 17.8. The first-order valence-corrected chi connectivity index (χ1v) is 11.0. The monoisotopic (exact) mass is 399 g/mol. The second-order valence-electron chi connectivity index (χ2n) is 8.33. The lowest BCUT2D eigenvalue weighted by Crippen LogP contribution is -2.66. The fourth-order valence-corrected chi connectivity index (χ4v) is 4.83. The summed E-state index contributed by atoms with van der Waals surface area (Å²) in [6.07, 6.45) is 4.64. The van der Waals surface area contributed by atoms with Crippen molar-refractivity contribution in [2.45, 2.75) is 64.4 Å². The fraction of sp³-hybridized carbons (Fsp3) is 0.636. The van der Waals surface area contributed by atoms with E-state index in [1.165, 1.54) is 10.5 Å². The summed E-state index contributed by atoms with van der Waals surface area (Å²) in [5.41, 5.74) is 2.48. The summed E-state index contributed by atoms with van der Waals surface area (Å²) in [7, 11) is 1.81. The molecule has 4 rings (SSSR count). The molecular weight excluding hydrogens is 366 g/mol. The van der Waals surface area contributed by atoms with Crippen molar-refractivity contribution in [3.05, 3.63) is 29.8 Å². The van der Waals surface area contributed by atoms with Crippen LogP contribution in [0.1, 0.15) is 45.1 Å². The maximum atomic E-state index is 13.3. The third-order valence-electron chi connectivity index (χ3n) is 6.53. The maximum Gasteiger partial charge on any atom is 0.327 e. The smallest absolute Gasteiger partial charge is 0.327 e. The molecule has 3 fully saturated rings. The van der Waals surface area contributed by atoms with E-state index in [1.54, 1.807) is 4.90 Å². The maximum absolute atomic E-state index is 13.3. The van der Waals surface area contributed by atoms with Gasteiger partial charge in [0.2, 0.25) is 0 Å². The zero-order valence-electron chi connectivity index (χ0n) is 17.8. The van der Waals surface area contributed by atoms with Crippen molar-refractivity contribution in [2.24, 2.45) is 0 Å². The lowest BCUT2D eigenvalue weighted by Gasteiger charge is -2.44. The molecule has 1 N–H and O–H groups in total. The largest absolute Gasteiger partial charge is 0.343 e. The van der Waals surface area contributed by atoms with E-state index in [1.807, 2.05) is 7.05 Å². The number of imide groups is 1. The van der Waals surface area contributed by atoms with Crippen molar-refractivity contribution in [1.82, 2.24) is 20.0 Å². The Morgan fingerprint density at radius 2 is 1.83 bits per heavy atom. The van der Waals surface area contributed by atoms with Crippen LogP contribution in [0, 0.1) is 0 Å². The molecule has 3 atom stereocenters. The van der Waals surface area contributed by atoms with Gasteiger partial charge in [-0.1, -0.05) is 38.8 Å². The number of fused-ring (bicyclic) bond motifs is 3. The van der Waals surface area contributed by atoms with Gasteiger partial charge >= 0.3 is 6.03 Å². The number of hydrogen-bond acceptors (Lipinski definition) is 5. The van der Waals surface area contributed by atoms with Gasteiger partial charge in [0, 0.05) is 32.4 Å². The molecule has 0 aromatic heterocycles. The molecule has 7 nitrogen and oxygen atoms in total. The summed E-state index contributed by atoms with van der Waals surface area (Å²) in [5.74, 6) is -0.0487. The fourth-order valence-electron chi connectivity index (χ4n) is 4.83. The Morgan fingerprint density at radius 3 is 2.52 bits per heavy atom. The van der Waals surface area contributed by atoms with E-state index in [4.69, 9.17) is 0 Å². The van der Waals surface area contributed by atoms with Crippen LogP contribution in [0.5, 0.6) is 0 Å². The Kier molecular flexibility index (Phi) is 5.79. The summed E-state index contributed by atoms with van der Waals surface area (Å²) < 4.78 is 0. The van der Waals surface area contributed by atoms with Crippen molar-refractivity contribution in [3.8, 4) is 0 Å². The van der Waals surface area contributed by atoms with Crippen LogP contribution < -0.4 is 10.2 Å². The van der Waals surface area contributed by atoms with Crippen LogP contribution in [0.4, 0.5) is 10.5 Å². The number of aryl methyl sites for hydroxylation is 1. The zero-order chi connectivity index (χ0) is 20.5. The first kappa shape index (κ1) is 20.2. The van der Waals surface area contributed by atoms with Gasteiger partial charge in [-0.2, -0.15) is 0 Å². The Hall–Kier alpha value is -2.12. The van der Waals surface area contributed by atoms with E-state index in [0.717, 1.165) is 50.9 Å². The van der Waals surface area contributed by atoms with Crippen molar-refractivity contribution in [1.29, 1.82) is 0 Å². The molecule has 3 aliphatic heterocycles. The van der Waals surface area contributed by atoms with Gasteiger partial charge < -0.3 is 9.80 Å². The second kappa shape index (κ2) is 8.32. The molecule has 0 aliphatic carbocycles. The lowest BCUT2D eigenvalue weighted by atomic mass is 10.1. The molecule has 7 heteroatoms. The first-order valence-electron chi connectivity index (χ1n) is 11.0. The third kappa shape index (κ3) is 3.51. The van der Waals surface area contributed by atoms with Crippen LogP contribution in [0.2, 0.25) is 0 Å². The molecule has 0 spiro atoms. The van der Waals surface area contributed by atoms with Gasteiger partial charge in [-0.25, -0.2) is 4.79 Å². The molecular formula is C22H33N5O2. The van der Waals surface area contributed by atoms with Crippen LogP contribution in [0.3, 0.4) is 0 Å². The highest BCUT2D eigenvalue weighted by molar-refractivity contribution is 6.00. The number of unbranched alkanes of at least 4 members (excludes halogenated alkanes) is 2. The molecule has 0 radical (unpaired) electrons. The first-order chi connectivity index (χ1) is 14.1. The summed E-state index contributed by atoms with van der Waals surface area (Å²) in [4.78, 5) is 33.9. The van der Waals surface area contributed by atoms with E-state index in [0.29, 0.717) is 6.54 Å². The van der Waals surface area contributed by atoms with Crippen molar-refractivity contribution in [3.63, 3.8) is 0 Å². The van der Waals surface area contributed by atoms with E-state index in [-0.39, 0.29) is 30.4 Å². The number of nitrogens with zero attached hydrogens (tertiary/aromatic N) is 4. The summed E-state index contributed by atoms with van der Waals surface area (Å²) >= 11 is 0. The van der Waals surface area contributed by atoms with E-state index < -0.39 is 0 Å². The van der Waals surface area contributed by atoms with Gasteiger partial charge in [0.25, 0.3) is 5.91 Å². The number of likely N-dealkylation sites (N-methyl/N-ethyl adjacent to an activating group) is 1. The highest BCUT2D eigenvalue weighted by Crippen LogP contribution is 2.33. The number of hydrogen-bond donors (Lipinski definition) is 1. The van der Waals surface area contributed by atoms with E-state index in [9.17, 15) is 9.59 Å². The third-order valence-corrected chi connectivity index (χ3v) is 6.53. The summed E-state index contributed by atoms with van der Waals surface area (Å²) in [6.45, 7) is 6.60. The number of amides is 3. The van der Waals surface area contributed by atoms with Gasteiger partial charge in [0.15, 0.2) is 0 Å². The minimum absolute atomic E-state index is 0.0487. The van der Waals surface area contributed by atoms with Crippen LogP contribution in [0.25, 0.3) is 0 Å². The van der Waals surface area contributed by atoms with Crippen molar-refractivity contribution >= 4 is 17.6 Å². The number of rotatable bonds is 6. The average molecular weight is 400 g/mol.